The minimum atomic E-state index is -1.52. The van der Waals surface area contributed by atoms with Crippen molar-refractivity contribution in [1.29, 1.82) is 0 Å². The fraction of sp³-hybridized carbons (Fsp3) is 0.326. The second-order valence-corrected chi connectivity index (χ2v) is 28.9. The quantitative estimate of drug-likeness (QED) is 0.0262. The molecule has 114 heavy (non-hydrogen) atoms. The van der Waals surface area contributed by atoms with E-state index in [2.05, 4.69) is 28.8 Å². The van der Waals surface area contributed by atoms with Gasteiger partial charge in [-0.1, -0.05) is 297 Å². The first-order valence-corrected chi connectivity index (χ1v) is 39.2. The Hall–Kier alpha value is -9.72. The summed E-state index contributed by atoms with van der Waals surface area (Å²) in [4.78, 5) is 14.2. The number of hydrogen-bond donors (Lipinski definition) is 0. The van der Waals surface area contributed by atoms with Crippen LogP contribution in [0.5, 0.6) is 0 Å². The largest absolute Gasteiger partial charge is 0.454 e. The maximum Gasteiger partial charge on any atom is 0.303 e. The van der Waals surface area contributed by atoms with Gasteiger partial charge in [0.05, 0.1) is 92.9 Å². The molecule has 0 spiro atoms. The Balaban J connectivity index is 0.915. The summed E-state index contributed by atoms with van der Waals surface area (Å²) in [5.41, 5.74) is 10.1. The van der Waals surface area contributed by atoms with E-state index in [1.54, 1.807) is 0 Å². The molecule has 15 atom stereocenters. The Kier molecular flexibility index (Phi) is 30.2. The SMILES string of the molecule is CC(=O)O[C@@H]1[C@@H](O[C@@H]2[C@@H](O[C@@H]3[C@@H](OCc4ccc(Cn5cc[n+](C)c5)cc4)O[C@H](COCc4ccccc4)[C@@H](OCc4ccccc4)[C@@H]3OCc3ccccc3)O[C@H](COCc3ccccc3)[C@@H](OCc3ccccc3)[C@@H]2OCc2ccccc2)O[C@H](COCc2ccccc2)[C@@H](OCc2ccccc2)[C@@H]1OCc1ccccc1. The van der Waals surface area contributed by atoms with Crippen molar-refractivity contribution in [2.75, 3.05) is 19.8 Å². The summed E-state index contributed by atoms with van der Waals surface area (Å²) in [6, 6.07) is 97.5. The zero-order valence-corrected chi connectivity index (χ0v) is 64.4. The van der Waals surface area contributed by atoms with E-state index in [9.17, 15) is 4.79 Å². The summed E-state index contributed by atoms with van der Waals surface area (Å²) in [6.07, 6.45) is -11.1. The average molecular weight is 1540 g/mol. The summed E-state index contributed by atoms with van der Waals surface area (Å²) >= 11 is 0. The molecule has 0 saturated carbocycles. The van der Waals surface area contributed by atoms with Gasteiger partial charge in [0.25, 0.3) is 0 Å². The van der Waals surface area contributed by atoms with Gasteiger partial charge in [0.1, 0.15) is 86.1 Å². The molecule has 0 aliphatic carbocycles. The number of carbonyl (C=O) groups excluding carboxylic acids is 1. The average Bonchev–Trinajstić information content (AvgIpc) is 0.782. The van der Waals surface area contributed by atoms with Gasteiger partial charge in [-0.2, -0.15) is 0 Å². The van der Waals surface area contributed by atoms with E-state index in [0.717, 1.165) is 61.2 Å². The first-order chi connectivity index (χ1) is 56.2. The third-order valence-electron chi connectivity index (χ3n) is 20.2. The summed E-state index contributed by atoms with van der Waals surface area (Å²) in [5, 5.41) is 0. The number of aromatic nitrogens is 2. The zero-order valence-electron chi connectivity index (χ0n) is 64.4. The molecule has 0 amide bonds. The van der Waals surface area contributed by atoms with E-state index in [1.165, 1.54) is 6.92 Å². The van der Waals surface area contributed by atoms with Crippen LogP contribution >= 0.6 is 0 Å². The molecule has 3 fully saturated rings. The van der Waals surface area contributed by atoms with Gasteiger partial charge in [0, 0.05) is 6.92 Å². The van der Waals surface area contributed by atoms with E-state index in [-0.39, 0.29) is 85.9 Å². The van der Waals surface area contributed by atoms with Crippen molar-refractivity contribution in [3.05, 3.63) is 377 Å². The molecule has 14 rings (SSSR count). The molecule has 1 aromatic heterocycles. The van der Waals surface area contributed by atoms with Crippen LogP contribution in [-0.2, 0) is 160 Å². The first kappa shape index (κ1) is 80.9. The summed E-state index contributed by atoms with van der Waals surface area (Å²) in [5.74, 6) is -0.637. The molecule has 3 saturated heterocycles. The normalized spacial score (nSPS) is 23.6. The molecule has 10 aromatic carbocycles. The maximum absolute atomic E-state index is 14.2. The highest BCUT2D eigenvalue weighted by molar-refractivity contribution is 5.66. The molecule has 3 aliphatic heterocycles. The van der Waals surface area contributed by atoms with Crippen LogP contribution in [0, 0.1) is 0 Å². The first-order valence-electron chi connectivity index (χ1n) is 39.2. The third kappa shape index (κ3) is 23.7. The number of imidazole rings is 1. The maximum atomic E-state index is 14.2. The van der Waals surface area contributed by atoms with E-state index < -0.39 is 98.1 Å². The lowest BCUT2D eigenvalue weighted by Crippen LogP contribution is -2.68. The van der Waals surface area contributed by atoms with Crippen molar-refractivity contribution < 1.29 is 85.2 Å². The van der Waals surface area contributed by atoms with Gasteiger partial charge in [0.15, 0.2) is 25.0 Å². The third-order valence-corrected chi connectivity index (χ3v) is 20.2. The molecule has 0 unspecified atom stereocenters. The molecule has 19 nitrogen and oxygen atoms in total. The molecule has 0 radical (unpaired) electrons. The second-order valence-electron chi connectivity index (χ2n) is 28.9. The highest BCUT2D eigenvalue weighted by Crippen LogP contribution is 2.40. The van der Waals surface area contributed by atoms with Crippen molar-refractivity contribution in [1.82, 2.24) is 4.57 Å². The minimum Gasteiger partial charge on any atom is -0.454 e. The predicted octanol–water partition coefficient (Wildman–Crippen LogP) is 14.9. The number of rotatable bonds is 40. The number of esters is 1. The Morgan fingerprint density at radius 1 is 0.298 bits per heavy atom. The standard InChI is InChI=1S/C95H101N2O17/c1-69(98)109-91-88(106-62-78-44-26-10-27-45-78)85(103-59-75-38-20-7-21-39-75)82(66-100-56-72-32-14-4-15-33-72)111-94(91)114-92-89(107-63-79-46-28-11-29-47-79)86(104-60-76-40-22-8-23-41-76)83(67-101-57-73-34-16-5-17-35-73)112-95(92)113-90-87(105-61-77-42-24-9-25-43-77)84(102-58-74-36-18-6-19-37-74)81(65-99-55-71-30-12-3-13-31-71)110-93(90)108-64-80-50-48-70(49-51-80)54-97-53-52-96(2)68-97/h3-53,68,81-95H,54-67H2,1-2H3/q+1/t81-,82-,83-,84-,85-,86-,87+,88+,89+,90+,91+,92+,93+,94-,95-/m1/s1. The van der Waals surface area contributed by atoms with Gasteiger partial charge in [-0.05, 0) is 61.2 Å². The smallest absolute Gasteiger partial charge is 0.303 e. The summed E-state index contributed by atoms with van der Waals surface area (Å²) in [6.45, 7) is 3.43. The number of benzene rings is 10. The van der Waals surface area contributed by atoms with E-state index in [4.69, 9.17) is 75.8 Å². The highest BCUT2D eigenvalue weighted by Gasteiger charge is 2.58. The molecule has 592 valence electrons. The number of aryl methyl sites for hydroxylation is 1. The van der Waals surface area contributed by atoms with Crippen LogP contribution < -0.4 is 4.57 Å². The van der Waals surface area contributed by atoms with Crippen molar-refractivity contribution in [2.24, 2.45) is 7.05 Å². The lowest BCUT2D eigenvalue weighted by atomic mass is 9.95. The van der Waals surface area contributed by atoms with Crippen LogP contribution in [0.15, 0.2) is 316 Å². The molecule has 11 aromatic rings. The van der Waals surface area contributed by atoms with Crippen molar-refractivity contribution in [3.8, 4) is 0 Å². The van der Waals surface area contributed by atoms with Crippen LogP contribution in [-0.4, -0.2) is 122 Å². The zero-order chi connectivity index (χ0) is 77.7. The lowest BCUT2D eigenvalue weighted by Gasteiger charge is -2.52. The van der Waals surface area contributed by atoms with Crippen molar-refractivity contribution >= 4 is 5.97 Å². The van der Waals surface area contributed by atoms with Crippen LogP contribution in [0.1, 0.15) is 68.1 Å². The highest BCUT2D eigenvalue weighted by atomic mass is 16.8. The minimum absolute atomic E-state index is 0.0287. The Morgan fingerprint density at radius 3 is 0.860 bits per heavy atom. The van der Waals surface area contributed by atoms with Gasteiger partial charge < -0.3 is 75.8 Å². The van der Waals surface area contributed by atoms with Gasteiger partial charge >= 0.3 is 5.97 Å². The van der Waals surface area contributed by atoms with E-state index in [0.29, 0.717) is 6.54 Å². The number of nitrogens with zero attached hydrogens (tertiary/aromatic N) is 2. The molecular weight excluding hydrogens is 1440 g/mol. The Labute approximate surface area is 667 Å². The van der Waals surface area contributed by atoms with Crippen molar-refractivity contribution in [3.63, 3.8) is 0 Å². The van der Waals surface area contributed by atoms with Crippen LogP contribution in [0.2, 0.25) is 0 Å². The van der Waals surface area contributed by atoms with Gasteiger partial charge in [-0.15, -0.1) is 0 Å². The summed E-state index contributed by atoms with van der Waals surface area (Å²) in [7, 11) is 2.00. The van der Waals surface area contributed by atoms with Crippen molar-refractivity contribution in [2.45, 2.75) is 172 Å². The number of hydrogen-bond acceptors (Lipinski definition) is 17. The second kappa shape index (κ2) is 42.6. The van der Waals surface area contributed by atoms with E-state index in [1.807, 2.05) is 303 Å². The van der Waals surface area contributed by atoms with Crippen LogP contribution in [0.25, 0.3) is 0 Å². The molecule has 0 N–H and O–H groups in total. The van der Waals surface area contributed by atoms with Gasteiger partial charge in [-0.25, -0.2) is 9.13 Å². The topological polar surface area (TPSA) is 174 Å². The fourth-order valence-corrected chi connectivity index (χ4v) is 14.4. The molecular formula is C95H101N2O17+. The fourth-order valence-electron chi connectivity index (χ4n) is 14.4. The Morgan fingerprint density at radius 2 is 0.553 bits per heavy atom. The van der Waals surface area contributed by atoms with Crippen LogP contribution in [0.4, 0.5) is 0 Å². The Bertz CT molecular complexity index is 4530. The summed E-state index contributed by atoms with van der Waals surface area (Å²) < 4.78 is 120. The van der Waals surface area contributed by atoms with Gasteiger partial charge in [0.2, 0.25) is 6.33 Å². The predicted molar refractivity (Wildman–Crippen MR) is 426 cm³/mol. The number of ether oxygens (including phenoxy) is 16. The molecule has 3 aliphatic rings. The lowest BCUT2D eigenvalue weighted by molar-refractivity contribution is -0.671. The van der Waals surface area contributed by atoms with E-state index >= 15 is 0 Å². The molecule has 0 bridgehead atoms. The number of carbonyl (C=O) groups is 1. The monoisotopic (exact) mass is 1540 g/mol. The molecule has 19 heteroatoms. The molecule has 4 heterocycles. The van der Waals surface area contributed by atoms with Crippen LogP contribution in [0.3, 0.4) is 0 Å². The van der Waals surface area contributed by atoms with Gasteiger partial charge in [-0.3, -0.25) is 4.79 Å².